The number of esters is 1. The van der Waals surface area contributed by atoms with E-state index in [1.54, 1.807) is 25.2 Å². The molecule has 0 saturated heterocycles. The lowest BCUT2D eigenvalue weighted by molar-refractivity contribution is -0.119. The monoisotopic (exact) mass is 460 g/mol. The quantitative estimate of drug-likeness (QED) is 0.584. The van der Waals surface area contributed by atoms with Crippen LogP contribution in [0.3, 0.4) is 0 Å². The van der Waals surface area contributed by atoms with Gasteiger partial charge >= 0.3 is 5.97 Å². The molecule has 32 heavy (non-hydrogen) atoms. The van der Waals surface area contributed by atoms with Crippen molar-refractivity contribution < 1.29 is 22.7 Å². The van der Waals surface area contributed by atoms with Crippen molar-refractivity contribution in [3.63, 3.8) is 0 Å². The second-order valence-electron chi connectivity index (χ2n) is 8.42. The summed E-state index contributed by atoms with van der Waals surface area (Å²) in [6, 6.07) is 7.85. The molecule has 0 atom stereocenters. The van der Waals surface area contributed by atoms with E-state index in [2.05, 4.69) is 15.5 Å². The van der Waals surface area contributed by atoms with Crippen molar-refractivity contribution in [3.05, 3.63) is 41.7 Å². The number of hydrogen-bond acceptors (Lipinski definition) is 6. The first kappa shape index (κ1) is 22.5. The summed E-state index contributed by atoms with van der Waals surface area (Å²) in [4.78, 5) is 24.6. The van der Waals surface area contributed by atoms with Crippen LogP contribution < -0.4 is 5.32 Å². The topological polar surface area (TPSA) is 121 Å². The molecule has 1 aromatic heterocycles. The molecule has 2 aliphatic carbocycles. The molecule has 0 aliphatic heterocycles. The maximum Gasteiger partial charge on any atom is 0.359 e. The summed E-state index contributed by atoms with van der Waals surface area (Å²) in [6.45, 7) is -0.544. The molecule has 0 unspecified atom stereocenters. The molecule has 2 aliphatic rings. The number of aromatic nitrogens is 2. The second-order valence-corrected chi connectivity index (χ2v) is 10.4. The molecule has 2 saturated carbocycles. The van der Waals surface area contributed by atoms with Gasteiger partial charge in [-0.05, 0) is 43.9 Å². The number of carbonyl (C=O) groups is 2. The lowest BCUT2D eigenvalue weighted by Gasteiger charge is -2.30. The van der Waals surface area contributed by atoms with Gasteiger partial charge in [0.25, 0.3) is 5.91 Å². The summed E-state index contributed by atoms with van der Waals surface area (Å²) < 4.78 is 32.9. The van der Waals surface area contributed by atoms with E-state index in [-0.39, 0.29) is 22.3 Å². The number of sulfonamides is 1. The number of anilines is 1. The molecule has 172 valence electrons. The van der Waals surface area contributed by atoms with E-state index < -0.39 is 28.5 Å². The number of aromatic amines is 1. The van der Waals surface area contributed by atoms with Crippen molar-refractivity contribution >= 4 is 27.6 Å². The lowest BCUT2D eigenvalue weighted by Crippen LogP contribution is -2.38. The molecule has 4 rings (SSSR count). The molecule has 2 fully saturated rings. The molecule has 2 aromatic rings. The van der Waals surface area contributed by atoms with E-state index in [0.717, 1.165) is 50.6 Å². The standard InChI is InChI=1S/C22H28N4O5S/c1-26(16-7-3-2-4-8-16)32(29,30)20-10-6-5-9-17(20)23-21(27)14-31-22(28)19-13-18(24-25-19)15-11-12-15/h5-6,9-10,13,15-16H,2-4,7-8,11-12,14H2,1H3,(H,23,27)(H,24,25). The van der Waals surface area contributed by atoms with Crippen molar-refractivity contribution in [2.24, 2.45) is 0 Å². The average molecular weight is 461 g/mol. The van der Waals surface area contributed by atoms with Gasteiger partial charge in [-0.3, -0.25) is 9.89 Å². The summed E-state index contributed by atoms with van der Waals surface area (Å²) in [7, 11) is -2.20. The van der Waals surface area contributed by atoms with Gasteiger partial charge in [-0.2, -0.15) is 9.40 Å². The molecular formula is C22H28N4O5S. The zero-order chi connectivity index (χ0) is 22.7. The number of nitrogens with zero attached hydrogens (tertiary/aromatic N) is 2. The third-order valence-electron chi connectivity index (χ3n) is 6.07. The minimum absolute atomic E-state index is 0.0223. The Morgan fingerprint density at radius 1 is 1.16 bits per heavy atom. The van der Waals surface area contributed by atoms with Gasteiger partial charge in [0.1, 0.15) is 4.90 Å². The SMILES string of the molecule is CN(C1CCCCC1)S(=O)(=O)c1ccccc1NC(=O)COC(=O)c1cc(C2CC2)[nH]n1. The fraction of sp³-hybridized carbons (Fsp3) is 0.500. The Hall–Kier alpha value is -2.72. The van der Waals surface area contributed by atoms with Crippen molar-refractivity contribution in [1.29, 1.82) is 0 Å². The van der Waals surface area contributed by atoms with Crippen LogP contribution in [0.5, 0.6) is 0 Å². The lowest BCUT2D eigenvalue weighted by atomic mass is 9.96. The van der Waals surface area contributed by atoms with Crippen LogP contribution in [0.2, 0.25) is 0 Å². The molecule has 1 aromatic carbocycles. The molecule has 0 bridgehead atoms. The minimum atomic E-state index is -3.79. The minimum Gasteiger partial charge on any atom is -0.451 e. The van der Waals surface area contributed by atoms with Gasteiger partial charge in [-0.1, -0.05) is 31.4 Å². The number of rotatable bonds is 8. The van der Waals surface area contributed by atoms with Crippen molar-refractivity contribution in [2.75, 3.05) is 19.0 Å². The maximum atomic E-state index is 13.2. The summed E-state index contributed by atoms with van der Waals surface area (Å²) >= 11 is 0. The molecule has 9 nitrogen and oxygen atoms in total. The van der Waals surface area contributed by atoms with E-state index in [1.165, 1.54) is 16.4 Å². The highest BCUT2D eigenvalue weighted by Crippen LogP contribution is 2.39. The average Bonchev–Trinajstić information content (AvgIpc) is 3.54. The molecule has 2 N–H and O–H groups in total. The number of carbonyl (C=O) groups excluding carboxylic acids is 2. The molecular weight excluding hydrogens is 432 g/mol. The number of benzene rings is 1. The van der Waals surface area contributed by atoms with Gasteiger partial charge in [-0.15, -0.1) is 0 Å². The number of ether oxygens (including phenoxy) is 1. The van der Waals surface area contributed by atoms with E-state index in [9.17, 15) is 18.0 Å². The highest BCUT2D eigenvalue weighted by molar-refractivity contribution is 7.89. The van der Waals surface area contributed by atoms with Crippen LogP contribution in [-0.2, 0) is 19.6 Å². The third kappa shape index (κ3) is 5.02. The Balaban J connectivity index is 1.39. The Morgan fingerprint density at radius 2 is 1.88 bits per heavy atom. The number of amides is 1. The number of para-hydroxylation sites is 1. The summed E-state index contributed by atoms with van der Waals surface area (Å²) in [6.07, 6.45) is 6.93. The predicted octanol–water partition coefficient (Wildman–Crippen LogP) is 3.04. The fourth-order valence-electron chi connectivity index (χ4n) is 4.03. The Morgan fingerprint density at radius 3 is 2.59 bits per heavy atom. The van der Waals surface area contributed by atoms with E-state index in [0.29, 0.717) is 5.92 Å². The molecule has 0 radical (unpaired) electrons. The van der Waals surface area contributed by atoms with Gasteiger partial charge in [-0.25, -0.2) is 13.2 Å². The van der Waals surface area contributed by atoms with E-state index in [4.69, 9.17) is 4.74 Å². The van der Waals surface area contributed by atoms with Gasteiger partial charge in [0.15, 0.2) is 12.3 Å². The zero-order valence-corrected chi connectivity index (χ0v) is 18.9. The fourth-order valence-corrected chi connectivity index (χ4v) is 5.59. The van der Waals surface area contributed by atoms with Crippen molar-refractivity contribution in [1.82, 2.24) is 14.5 Å². The first-order valence-electron chi connectivity index (χ1n) is 11.0. The van der Waals surface area contributed by atoms with E-state index >= 15 is 0 Å². The predicted molar refractivity (Wildman–Crippen MR) is 118 cm³/mol. The van der Waals surface area contributed by atoms with Gasteiger partial charge < -0.3 is 10.1 Å². The number of hydrogen-bond donors (Lipinski definition) is 2. The molecule has 10 heteroatoms. The van der Waals surface area contributed by atoms with Gasteiger partial charge in [0, 0.05) is 24.7 Å². The zero-order valence-electron chi connectivity index (χ0n) is 18.0. The van der Waals surface area contributed by atoms with Crippen LogP contribution in [0.1, 0.15) is 67.0 Å². The highest BCUT2D eigenvalue weighted by Gasteiger charge is 2.31. The first-order valence-corrected chi connectivity index (χ1v) is 12.4. The maximum absolute atomic E-state index is 13.2. The smallest absolute Gasteiger partial charge is 0.359 e. The molecule has 0 spiro atoms. The summed E-state index contributed by atoms with van der Waals surface area (Å²) in [5.41, 5.74) is 1.17. The van der Waals surface area contributed by atoms with Crippen LogP contribution >= 0.6 is 0 Å². The summed E-state index contributed by atoms with van der Waals surface area (Å²) in [5, 5.41) is 9.31. The van der Waals surface area contributed by atoms with Gasteiger partial charge in [0.05, 0.1) is 5.69 Å². The number of nitrogens with one attached hydrogen (secondary N) is 2. The van der Waals surface area contributed by atoms with Crippen LogP contribution in [0.15, 0.2) is 35.2 Å². The van der Waals surface area contributed by atoms with Crippen molar-refractivity contribution in [3.8, 4) is 0 Å². The third-order valence-corrected chi connectivity index (χ3v) is 8.03. The first-order chi connectivity index (χ1) is 15.4. The van der Waals surface area contributed by atoms with Crippen LogP contribution in [0.4, 0.5) is 5.69 Å². The van der Waals surface area contributed by atoms with Crippen LogP contribution in [0.25, 0.3) is 0 Å². The van der Waals surface area contributed by atoms with Crippen LogP contribution in [-0.4, -0.2) is 54.5 Å². The highest BCUT2D eigenvalue weighted by atomic mass is 32.2. The van der Waals surface area contributed by atoms with Crippen LogP contribution in [0, 0.1) is 0 Å². The normalized spacial score (nSPS) is 17.3. The van der Waals surface area contributed by atoms with Gasteiger partial charge in [0.2, 0.25) is 10.0 Å². The largest absolute Gasteiger partial charge is 0.451 e. The Bertz CT molecular complexity index is 1090. The van der Waals surface area contributed by atoms with Crippen molar-refractivity contribution in [2.45, 2.75) is 61.8 Å². The Labute approximate surface area is 187 Å². The Kier molecular flexibility index (Phi) is 6.61. The second kappa shape index (κ2) is 9.41. The van der Waals surface area contributed by atoms with E-state index in [1.807, 2.05) is 0 Å². The molecule has 1 amide bonds. The molecule has 1 heterocycles. The summed E-state index contributed by atoms with van der Waals surface area (Å²) in [5.74, 6) is -0.918. The number of H-pyrrole nitrogens is 1.